The lowest BCUT2D eigenvalue weighted by atomic mass is 9.77. The van der Waals surface area contributed by atoms with Gasteiger partial charge in [0, 0.05) is 18.2 Å². The molecule has 146 valence electrons. The molecule has 1 aliphatic rings. The first-order chi connectivity index (χ1) is 12.5. The van der Waals surface area contributed by atoms with Crippen LogP contribution in [0.1, 0.15) is 32.4 Å². The number of hydrogen-bond acceptors (Lipinski definition) is 4. The minimum absolute atomic E-state index is 0.227. The molecule has 2 unspecified atom stereocenters. The Balaban J connectivity index is 1.88. The maximum atomic E-state index is 12.3. The SMILES string of the molecule is Cc1cn(C2=C(Oc3ccc(OC(F)(F)F)cc3)CC(C)(N)C(C)C2)cn1. The van der Waals surface area contributed by atoms with Gasteiger partial charge in [-0.1, -0.05) is 6.92 Å². The van der Waals surface area contributed by atoms with Crippen molar-refractivity contribution in [1.82, 2.24) is 9.55 Å². The van der Waals surface area contributed by atoms with Crippen molar-refractivity contribution in [2.75, 3.05) is 0 Å². The van der Waals surface area contributed by atoms with E-state index in [0.29, 0.717) is 24.4 Å². The lowest BCUT2D eigenvalue weighted by Crippen LogP contribution is -2.46. The van der Waals surface area contributed by atoms with Crippen molar-refractivity contribution in [3.8, 4) is 11.5 Å². The second-order valence-corrected chi connectivity index (χ2v) is 7.20. The number of allylic oxidation sites excluding steroid dienone is 1. The highest BCUT2D eigenvalue weighted by molar-refractivity contribution is 5.53. The van der Waals surface area contributed by atoms with Gasteiger partial charge >= 0.3 is 6.36 Å². The van der Waals surface area contributed by atoms with Crippen LogP contribution in [0.5, 0.6) is 11.5 Å². The molecule has 0 amide bonds. The van der Waals surface area contributed by atoms with E-state index in [1.54, 1.807) is 6.33 Å². The van der Waals surface area contributed by atoms with Gasteiger partial charge in [-0.05, 0) is 50.5 Å². The highest BCUT2D eigenvalue weighted by Gasteiger charge is 2.36. The molecule has 27 heavy (non-hydrogen) atoms. The maximum Gasteiger partial charge on any atom is 0.573 e. The van der Waals surface area contributed by atoms with Crippen LogP contribution in [0.15, 0.2) is 42.5 Å². The standard InChI is InChI=1S/C19H22F3N3O2/c1-12-8-16(25-10-13(2)24-11-25)17(9-18(12,3)23)26-14-4-6-15(7-5-14)27-19(20,21)22/h4-7,10-12H,8-9,23H2,1-3H3. The number of aromatic nitrogens is 2. The first-order valence-corrected chi connectivity index (χ1v) is 8.59. The van der Waals surface area contributed by atoms with Crippen LogP contribution in [-0.2, 0) is 0 Å². The van der Waals surface area contributed by atoms with Gasteiger partial charge in [-0.3, -0.25) is 0 Å². The molecule has 0 fully saturated rings. The molecule has 1 heterocycles. The topological polar surface area (TPSA) is 62.3 Å². The van der Waals surface area contributed by atoms with Gasteiger partial charge in [-0.15, -0.1) is 13.2 Å². The van der Waals surface area contributed by atoms with E-state index in [1.165, 1.54) is 24.3 Å². The number of rotatable bonds is 4. The molecule has 0 bridgehead atoms. The summed E-state index contributed by atoms with van der Waals surface area (Å²) in [5.74, 6) is 1.03. The molecule has 8 heteroatoms. The van der Waals surface area contributed by atoms with Gasteiger partial charge in [0.05, 0.1) is 17.7 Å². The van der Waals surface area contributed by atoms with Gasteiger partial charge in [0.25, 0.3) is 0 Å². The van der Waals surface area contributed by atoms with Crippen molar-refractivity contribution < 1.29 is 22.6 Å². The Bertz CT molecular complexity index is 839. The summed E-state index contributed by atoms with van der Waals surface area (Å²) in [5, 5.41) is 0. The van der Waals surface area contributed by atoms with E-state index in [1.807, 2.05) is 24.6 Å². The largest absolute Gasteiger partial charge is 0.573 e. The van der Waals surface area contributed by atoms with Crippen LogP contribution in [0.25, 0.3) is 5.70 Å². The third-order valence-electron chi connectivity index (χ3n) is 4.81. The Morgan fingerprint density at radius 1 is 1.22 bits per heavy atom. The zero-order valence-electron chi connectivity index (χ0n) is 15.4. The van der Waals surface area contributed by atoms with E-state index in [4.69, 9.17) is 10.5 Å². The van der Waals surface area contributed by atoms with Gasteiger partial charge in [-0.2, -0.15) is 0 Å². The predicted octanol–water partition coefficient (Wildman–Crippen LogP) is 4.49. The fourth-order valence-corrected chi connectivity index (χ4v) is 3.02. The van der Waals surface area contributed by atoms with Crippen molar-refractivity contribution in [3.63, 3.8) is 0 Å². The summed E-state index contributed by atoms with van der Waals surface area (Å²) in [5.41, 5.74) is 7.79. The number of hydrogen-bond donors (Lipinski definition) is 1. The number of nitrogens with two attached hydrogens (primary N) is 1. The molecule has 0 saturated carbocycles. The van der Waals surface area contributed by atoms with Crippen LogP contribution in [0.2, 0.25) is 0 Å². The molecule has 0 radical (unpaired) electrons. The number of imidazole rings is 1. The average molecular weight is 381 g/mol. The summed E-state index contributed by atoms with van der Waals surface area (Å²) in [4.78, 5) is 4.26. The summed E-state index contributed by atoms with van der Waals surface area (Å²) in [6, 6.07) is 5.32. The number of halogens is 3. The van der Waals surface area contributed by atoms with E-state index >= 15 is 0 Å². The van der Waals surface area contributed by atoms with Gasteiger partial charge in [0.2, 0.25) is 0 Å². The summed E-state index contributed by atoms with van der Waals surface area (Å²) >= 11 is 0. The van der Waals surface area contributed by atoms with E-state index in [9.17, 15) is 13.2 Å². The minimum Gasteiger partial charge on any atom is -0.460 e. The van der Waals surface area contributed by atoms with E-state index in [-0.39, 0.29) is 11.7 Å². The molecular formula is C19H22F3N3O2. The maximum absolute atomic E-state index is 12.3. The molecule has 2 aromatic rings. The molecule has 0 saturated heterocycles. The highest BCUT2D eigenvalue weighted by Crippen LogP contribution is 2.39. The summed E-state index contributed by atoms with van der Waals surface area (Å²) in [7, 11) is 0. The Morgan fingerprint density at radius 2 is 1.85 bits per heavy atom. The Hall–Kier alpha value is -2.48. The minimum atomic E-state index is -4.72. The summed E-state index contributed by atoms with van der Waals surface area (Å²) in [6.45, 7) is 5.96. The molecule has 1 aliphatic carbocycles. The molecule has 1 aromatic heterocycles. The summed E-state index contributed by atoms with van der Waals surface area (Å²) in [6.07, 6.45) is 0.109. The molecule has 0 spiro atoms. The van der Waals surface area contributed by atoms with Crippen LogP contribution in [-0.4, -0.2) is 21.5 Å². The number of aryl methyl sites for hydroxylation is 1. The lowest BCUT2D eigenvalue weighted by Gasteiger charge is -2.38. The fourth-order valence-electron chi connectivity index (χ4n) is 3.02. The van der Waals surface area contributed by atoms with Gasteiger partial charge in [-0.25, -0.2) is 4.98 Å². The molecular weight excluding hydrogens is 359 g/mol. The Morgan fingerprint density at radius 3 is 2.41 bits per heavy atom. The third-order valence-corrected chi connectivity index (χ3v) is 4.81. The Kier molecular flexibility index (Phi) is 4.94. The van der Waals surface area contributed by atoms with Crippen molar-refractivity contribution in [1.29, 1.82) is 0 Å². The number of benzene rings is 1. The molecule has 2 atom stereocenters. The second-order valence-electron chi connectivity index (χ2n) is 7.20. The molecule has 5 nitrogen and oxygen atoms in total. The predicted molar refractivity (Wildman–Crippen MR) is 94.9 cm³/mol. The van der Waals surface area contributed by atoms with Crippen molar-refractivity contribution in [3.05, 3.63) is 48.2 Å². The van der Waals surface area contributed by atoms with E-state index in [0.717, 1.165) is 11.4 Å². The van der Waals surface area contributed by atoms with Crippen molar-refractivity contribution in [2.24, 2.45) is 11.7 Å². The number of nitrogens with zero attached hydrogens (tertiary/aromatic N) is 2. The molecule has 0 aliphatic heterocycles. The normalized spacial score (nSPS) is 23.4. The van der Waals surface area contributed by atoms with Gasteiger partial charge in [0.1, 0.15) is 17.3 Å². The van der Waals surface area contributed by atoms with Crippen LogP contribution in [0.3, 0.4) is 0 Å². The number of ether oxygens (including phenoxy) is 2. The van der Waals surface area contributed by atoms with E-state index in [2.05, 4.69) is 16.6 Å². The quantitative estimate of drug-likeness (QED) is 0.848. The number of alkyl halides is 3. The molecule has 1 aromatic carbocycles. The van der Waals surface area contributed by atoms with E-state index < -0.39 is 11.9 Å². The van der Waals surface area contributed by atoms with Crippen LogP contribution in [0.4, 0.5) is 13.2 Å². The Labute approximate surface area is 155 Å². The average Bonchev–Trinajstić information content (AvgIpc) is 2.97. The fraction of sp³-hybridized carbons (Fsp3) is 0.421. The smallest absolute Gasteiger partial charge is 0.460 e. The molecule has 2 N–H and O–H groups in total. The summed E-state index contributed by atoms with van der Waals surface area (Å²) < 4.78 is 48.7. The lowest BCUT2D eigenvalue weighted by molar-refractivity contribution is -0.274. The zero-order valence-corrected chi connectivity index (χ0v) is 15.4. The van der Waals surface area contributed by atoms with Gasteiger partial charge in [0.15, 0.2) is 0 Å². The third kappa shape index (κ3) is 4.63. The second kappa shape index (κ2) is 6.92. The van der Waals surface area contributed by atoms with Gasteiger partial charge < -0.3 is 19.8 Å². The van der Waals surface area contributed by atoms with Crippen LogP contribution in [0, 0.1) is 12.8 Å². The first-order valence-electron chi connectivity index (χ1n) is 8.59. The van der Waals surface area contributed by atoms with Crippen molar-refractivity contribution >= 4 is 5.70 Å². The van der Waals surface area contributed by atoms with Crippen LogP contribution < -0.4 is 15.2 Å². The van der Waals surface area contributed by atoms with Crippen LogP contribution >= 0.6 is 0 Å². The molecule has 3 rings (SSSR count). The zero-order chi connectivity index (χ0) is 19.8. The highest BCUT2D eigenvalue weighted by atomic mass is 19.4. The monoisotopic (exact) mass is 381 g/mol. The first kappa shape index (κ1) is 19.3. The van der Waals surface area contributed by atoms with Crippen molar-refractivity contribution in [2.45, 2.75) is 45.5 Å².